The molecule has 572 valence electrons. The molecule has 0 spiro atoms. The second-order valence-electron chi connectivity index (χ2n) is 24.3. The SMILES string of the molecule is COC[C@H]1O[C@@H]2O[C@H]3[C@H](OC)[C@@H](OC)[C@@H](O[C@H]4[C@H](OC)[C@@H](OC)[C@@H](O[C@H]5[C@H](OC)[C@@H](OC)[C@@H](O[C@H]6[C@H](OC)[C@@H](OC)[C@@H](O[C@H]7[C@H](OC)[C@@H](OC)[C@@H](O[C@H]8[C@H](OC)[C@@H](OC)[C@@H](O[C@H]1[C@H](OC)[C@H]2OC)O[C@@H]8C(=O)O)O[C@@H]7COC)O[C@@H]6COC)O[C@@H]5COC)O[C@@H]4COC)O[C@@H]3COC. The van der Waals surface area contributed by atoms with E-state index >= 15 is 0 Å². The number of carbonyl (C=O) groups is 1. The number of ether oxygens (including phenoxy) is 34. The Labute approximate surface area is 572 Å². The zero-order valence-electron chi connectivity index (χ0n) is 59.7. The fraction of sp³-hybridized carbons (Fsp3) is 0.984. The summed E-state index contributed by atoms with van der Waals surface area (Å²) in [5, 5.41) is 11.1. The van der Waals surface area contributed by atoms with Crippen LogP contribution in [-0.2, 0) is 166 Å². The Balaban J connectivity index is 1.24. The summed E-state index contributed by atoms with van der Waals surface area (Å²) in [5.74, 6) is -1.47. The van der Waals surface area contributed by atoms with Gasteiger partial charge < -0.3 is 166 Å². The highest BCUT2D eigenvalue weighted by Gasteiger charge is 2.63. The van der Waals surface area contributed by atoms with Crippen LogP contribution in [0, 0.1) is 0 Å². The number of carboxylic acid groups (broad SMARTS) is 1. The van der Waals surface area contributed by atoms with Gasteiger partial charge in [0.25, 0.3) is 0 Å². The molecule has 0 aliphatic carbocycles. The lowest BCUT2D eigenvalue weighted by molar-refractivity contribution is -0.402. The van der Waals surface area contributed by atoms with E-state index in [1.54, 1.807) is 0 Å². The van der Waals surface area contributed by atoms with Crippen LogP contribution in [0.3, 0.4) is 0 Å². The largest absolute Gasteiger partial charge is 0.479 e. The van der Waals surface area contributed by atoms with E-state index in [2.05, 4.69) is 0 Å². The maximum absolute atomic E-state index is 13.7. The molecular weight excluding hydrogens is 1320 g/mol. The van der Waals surface area contributed by atoms with E-state index in [0.29, 0.717) is 0 Å². The number of aliphatic carboxylic acids is 1. The molecule has 14 bridgehead atoms. The van der Waals surface area contributed by atoms with Crippen LogP contribution in [0.1, 0.15) is 0 Å². The second kappa shape index (κ2) is 39.5. The molecule has 0 amide bonds. The van der Waals surface area contributed by atoms with Crippen LogP contribution in [0.15, 0.2) is 0 Å². The molecule has 98 heavy (non-hydrogen) atoms. The fourth-order valence-corrected chi connectivity index (χ4v) is 14.7. The molecule has 21 aliphatic rings. The lowest BCUT2D eigenvalue weighted by atomic mass is 9.94. The van der Waals surface area contributed by atoms with E-state index in [0.717, 1.165) is 0 Å². The van der Waals surface area contributed by atoms with Crippen molar-refractivity contribution in [2.24, 2.45) is 0 Å². The summed E-state index contributed by atoms with van der Waals surface area (Å²) in [6.45, 7) is -0.543. The first-order valence-corrected chi connectivity index (χ1v) is 32.3. The zero-order chi connectivity index (χ0) is 71.1. The molecule has 36 heteroatoms. The zero-order valence-corrected chi connectivity index (χ0v) is 59.7. The smallest absolute Gasteiger partial charge is 0.335 e. The van der Waals surface area contributed by atoms with E-state index < -0.39 is 221 Å². The first-order valence-electron chi connectivity index (χ1n) is 32.3. The number of hydrogen-bond acceptors (Lipinski definition) is 35. The second-order valence-corrected chi connectivity index (χ2v) is 24.3. The number of carboxylic acids is 1. The number of rotatable bonds is 27. The molecule has 0 radical (unpaired) electrons. The highest BCUT2D eigenvalue weighted by molar-refractivity contribution is 5.73. The lowest BCUT2D eigenvalue weighted by Crippen LogP contribution is -2.69. The van der Waals surface area contributed by atoms with Crippen LogP contribution in [-0.4, -0.2) is 408 Å². The predicted molar refractivity (Wildman–Crippen MR) is 325 cm³/mol. The molecule has 1 N–H and O–H groups in total. The van der Waals surface area contributed by atoms with Gasteiger partial charge in [0.2, 0.25) is 0 Å². The van der Waals surface area contributed by atoms with Gasteiger partial charge in [-0.15, -0.1) is 0 Å². The van der Waals surface area contributed by atoms with Crippen molar-refractivity contribution in [2.75, 3.05) is 182 Å². The predicted octanol–water partition coefficient (Wildman–Crippen LogP) is -2.06. The fourth-order valence-electron chi connectivity index (χ4n) is 14.7. The highest BCUT2D eigenvalue weighted by Crippen LogP contribution is 2.43. The van der Waals surface area contributed by atoms with Crippen molar-refractivity contribution in [3.8, 4) is 0 Å². The average Bonchev–Trinajstić information content (AvgIpc) is 0.767. The Bertz CT molecular complexity index is 2260. The van der Waals surface area contributed by atoms with Crippen LogP contribution in [0.5, 0.6) is 0 Å². The van der Waals surface area contributed by atoms with Gasteiger partial charge in [-0.2, -0.15) is 0 Å². The van der Waals surface area contributed by atoms with E-state index in [4.69, 9.17) is 161 Å². The molecule has 36 nitrogen and oxygen atoms in total. The van der Waals surface area contributed by atoms with Crippen molar-refractivity contribution in [3.05, 3.63) is 0 Å². The van der Waals surface area contributed by atoms with Gasteiger partial charge in [0.15, 0.2) is 50.1 Å². The van der Waals surface area contributed by atoms with Crippen LogP contribution in [0.4, 0.5) is 0 Å². The van der Waals surface area contributed by atoms with Crippen LogP contribution < -0.4 is 0 Å². The van der Waals surface area contributed by atoms with E-state index in [1.165, 1.54) is 142 Å². The van der Waals surface area contributed by atoms with E-state index in [9.17, 15) is 9.90 Å². The van der Waals surface area contributed by atoms with Gasteiger partial charge in [-0.3, -0.25) is 0 Å². The minimum absolute atomic E-state index is 0.0595. The topological polar surface area (TPSA) is 351 Å². The van der Waals surface area contributed by atoms with Crippen molar-refractivity contribution in [3.63, 3.8) is 0 Å². The summed E-state index contributed by atoms with van der Waals surface area (Å²) < 4.78 is 218. The van der Waals surface area contributed by atoms with Crippen molar-refractivity contribution >= 4 is 5.97 Å². The van der Waals surface area contributed by atoms with Gasteiger partial charge in [-0.25, -0.2) is 4.79 Å². The van der Waals surface area contributed by atoms with Crippen molar-refractivity contribution in [1.29, 1.82) is 0 Å². The van der Waals surface area contributed by atoms with Crippen molar-refractivity contribution in [1.82, 2.24) is 0 Å². The van der Waals surface area contributed by atoms with Gasteiger partial charge in [-0.05, 0) is 0 Å². The Morgan fingerprint density at radius 2 is 0.357 bits per heavy atom. The normalized spacial score (nSPS) is 46.0. The maximum Gasteiger partial charge on any atom is 0.335 e. The summed E-state index contributed by atoms with van der Waals surface area (Å²) in [5.41, 5.74) is 0. The Hall–Kier alpha value is -1.89. The molecule has 21 fully saturated rings. The molecule has 21 rings (SSSR count). The summed E-state index contributed by atoms with van der Waals surface area (Å²) >= 11 is 0. The molecular formula is C62H108O36. The molecule has 21 saturated heterocycles. The monoisotopic (exact) mass is 1430 g/mol. The van der Waals surface area contributed by atoms with Gasteiger partial charge in [-0.1, -0.05) is 0 Å². The lowest BCUT2D eigenvalue weighted by Gasteiger charge is -2.52. The molecule has 0 aromatic carbocycles. The quantitative estimate of drug-likeness (QED) is 0.0924. The summed E-state index contributed by atoms with van der Waals surface area (Å²) in [6.07, 6.45) is -40.2. The van der Waals surface area contributed by atoms with Gasteiger partial charge >= 0.3 is 5.97 Å². The van der Waals surface area contributed by atoms with E-state index in [1.807, 2.05) is 0 Å². The van der Waals surface area contributed by atoms with Gasteiger partial charge in [0.05, 0.1) is 39.6 Å². The Morgan fingerprint density at radius 3 is 0.500 bits per heavy atom. The molecule has 35 atom stereocenters. The van der Waals surface area contributed by atoms with Crippen LogP contribution >= 0.6 is 0 Å². The molecule has 21 heterocycles. The maximum atomic E-state index is 13.7. The third-order valence-corrected chi connectivity index (χ3v) is 19.1. The molecule has 0 unspecified atom stereocenters. The third-order valence-electron chi connectivity index (χ3n) is 19.1. The van der Waals surface area contributed by atoms with E-state index in [-0.39, 0.29) is 39.6 Å². The standard InChI is InChI=1S/C62H108O36/c1-65-21-27-33-39(71-7)49(79-15)57(86-27)93-35-29(23-67-3)88-59(51(81-17)41(35)73-9)95-37-31(25-69-5)90-61(53(83-19)43(37)75-11)97-46-45(77-13)54(84-20)62(98-47(46)55(63)64)96-38-32(26-70-6)89-60(52(82-18)44(38)76-12)94-36-30(24-68-4)87-58(50(80-16)42(36)74-10)92-34-28(22-66-2)85-56(91-33)48(78-14)40(34)72-8/h27-54,56-62H,21-26H2,1-20H3,(H,63,64)/t27-,28-,29-,30-,31-,32-,33-,34-,35-,36-,37-,38-,39+,40+,41+,42+,43+,44+,45+,46+,47+,48-,49-,50-,51-,52-,53-,54-,56-,57-,58-,59-,60-,61-,62+/m1/s1. The number of hydrogen-bond donors (Lipinski definition) is 1. The first-order chi connectivity index (χ1) is 47.6. The van der Waals surface area contributed by atoms with Crippen molar-refractivity contribution < 1.29 is 171 Å². The van der Waals surface area contributed by atoms with Gasteiger partial charge in [0, 0.05) is 142 Å². The van der Waals surface area contributed by atoms with Crippen LogP contribution in [0.2, 0.25) is 0 Å². The highest BCUT2D eigenvalue weighted by atomic mass is 16.8. The summed E-state index contributed by atoms with van der Waals surface area (Å²) in [4.78, 5) is 13.7. The van der Waals surface area contributed by atoms with Gasteiger partial charge in [0.1, 0.15) is 165 Å². The van der Waals surface area contributed by atoms with Crippen molar-refractivity contribution in [2.45, 2.75) is 215 Å². The minimum atomic E-state index is -1.84. The minimum Gasteiger partial charge on any atom is -0.479 e. The van der Waals surface area contributed by atoms with Crippen LogP contribution in [0.25, 0.3) is 0 Å². The first kappa shape index (κ1) is 81.8. The molecule has 0 aromatic rings. The Kier molecular flexibility index (Phi) is 32.9. The number of methoxy groups -OCH3 is 20. The summed E-state index contributed by atoms with van der Waals surface area (Å²) in [7, 11) is 29.2. The molecule has 0 aromatic heterocycles. The molecule has 21 aliphatic heterocycles. The Morgan fingerprint density at radius 1 is 0.214 bits per heavy atom. The molecule has 0 saturated carbocycles. The third kappa shape index (κ3) is 17.5. The summed E-state index contributed by atoms with van der Waals surface area (Å²) in [6, 6.07) is 0. The average molecular weight is 1430 g/mol.